The Kier molecular flexibility index (Phi) is 6.06. The minimum absolute atomic E-state index is 0.000311. The van der Waals surface area contributed by atoms with E-state index in [2.05, 4.69) is 20.0 Å². The van der Waals surface area contributed by atoms with Gasteiger partial charge in [0.25, 0.3) is 5.56 Å². The molecule has 192 valence electrons. The monoisotopic (exact) mass is 508 g/mol. The van der Waals surface area contributed by atoms with Gasteiger partial charge >= 0.3 is 12.3 Å². The number of hydrogen-bond acceptors (Lipinski definition) is 9. The Balaban J connectivity index is 1.45. The average Bonchev–Trinajstić information content (AvgIpc) is 3.48. The summed E-state index contributed by atoms with van der Waals surface area (Å²) in [7, 11) is 1.17. The van der Waals surface area contributed by atoms with Crippen LogP contribution in [0.25, 0.3) is 0 Å². The zero-order valence-corrected chi connectivity index (χ0v) is 19.2. The number of halogens is 3. The molecule has 11 nitrogen and oxygen atoms in total. The molecule has 2 unspecified atom stereocenters. The first kappa shape index (κ1) is 24.0. The van der Waals surface area contributed by atoms with Crippen molar-refractivity contribution in [3.05, 3.63) is 40.3 Å². The second kappa shape index (κ2) is 9.08. The van der Waals surface area contributed by atoms with Crippen LogP contribution in [0, 0.1) is 0 Å². The lowest BCUT2D eigenvalue weighted by Crippen LogP contribution is -2.54. The molecule has 36 heavy (non-hydrogen) atoms. The van der Waals surface area contributed by atoms with Crippen LogP contribution in [0.5, 0.6) is 0 Å². The predicted molar refractivity (Wildman–Crippen MR) is 120 cm³/mol. The number of methoxy groups -OCH3 is 1. The van der Waals surface area contributed by atoms with E-state index in [0.29, 0.717) is 13.2 Å². The quantitative estimate of drug-likeness (QED) is 0.604. The summed E-state index contributed by atoms with van der Waals surface area (Å²) >= 11 is 0. The lowest BCUT2D eigenvalue weighted by atomic mass is 10.1. The number of ketones is 1. The molecule has 0 saturated carbocycles. The highest BCUT2D eigenvalue weighted by molar-refractivity contribution is 5.99. The zero-order valence-electron chi connectivity index (χ0n) is 19.2. The van der Waals surface area contributed by atoms with Crippen molar-refractivity contribution in [3.8, 4) is 0 Å². The Bertz CT molecular complexity index is 1230. The van der Waals surface area contributed by atoms with Crippen molar-refractivity contribution in [1.82, 2.24) is 14.5 Å². The lowest BCUT2D eigenvalue weighted by molar-refractivity contribution is -0.152. The second-order valence-corrected chi connectivity index (χ2v) is 8.85. The molecule has 2 saturated heterocycles. The molecule has 0 radical (unpaired) electrons. The standard InChI is InChI=1S/C22H23F3N6O5/c1-35-21(34)27-17-3-2-12(8-26-17)15(32)10-31-16(22(23,24)25)4-5-29-19(33)7-18(28-20(29)31)30-9-14-6-13(30)11-36-14/h2-3,7-8,13-14,16H,4-6,9-11H2,1H3,(H,26,27,34)/t13?,14?,16-/m0/s1. The molecule has 5 rings (SSSR count). The lowest BCUT2D eigenvalue weighted by Gasteiger charge is -2.39. The maximum absolute atomic E-state index is 14.0. The number of fused-ring (bicyclic) bond motifs is 3. The van der Waals surface area contributed by atoms with Crippen molar-refractivity contribution in [1.29, 1.82) is 0 Å². The molecule has 0 aliphatic carbocycles. The number of aromatic nitrogens is 3. The van der Waals surface area contributed by atoms with Crippen LogP contribution in [0.3, 0.4) is 0 Å². The van der Waals surface area contributed by atoms with Crippen molar-refractivity contribution in [3.63, 3.8) is 0 Å². The van der Waals surface area contributed by atoms with Gasteiger partial charge in [0.2, 0.25) is 5.95 Å². The van der Waals surface area contributed by atoms with Gasteiger partial charge in [0.15, 0.2) is 5.78 Å². The second-order valence-electron chi connectivity index (χ2n) is 8.85. The summed E-state index contributed by atoms with van der Waals surface area (Å²) in [5, 5.41) is 2.33. The average molecular weight is 508 g/mol. The van der Waals surface area contributed by atoms with Gasteiger partial charge < -0.3 is 19.3 Å². The number of morpholine rings is 1. The fourth-order valence-electron chi connectivity index (χ4n) is 4.84. The molecule has 14 heteroatoms. The zero-order chi connectivity index (χ0) is 25.6. The third-order valence-electron chi connectivity index (χ3n) is 6.62. The van der Waals surface area contributed by atoms with Crippen LogP contribution < -0.4 is 20.7 Å². The molecule has 2 aromatic heterocycles. The Morgan fingerprint density at radius 2 is 2.11 bits per heavy atom. The number of rotatable bonds is 5. The number of hydrogen-bond donors (Lipinski definition) is 1. The molecule has 5 heterocycles. The van der Waals surface area contributed by atoms with Gasteiger partial charge in [-0.2, -0.15) is 18.2 Å². The molecule has 0 spiro atoms. The summed E-state index contributed by atoms with van der Waals surface area (Å²) < 4.78 is 53.2. The molecule has 1 amide bonds. The normalized spacial score (nSPS) is 22.9. The third kappa shape index (κ3) is 4.47. The van der Waals surface area contributed by atoms with E-state index in [1.54, 1.807) is 0 Å². The van der Waals surface area contributed by atoms with E-state index < -0.39 is 42.6 Å². The summed E-state index contributed by atoms with van der Waals surface area (Å²) in [6.07, 6.45) is -3.89. The van der Waals surface area contributed by atoms with Crippen LogP contribution in [0.4, 0.5) is 35.5 Å². The number of nitrogens with zero attached hydrogens (tertiary/aromatic N) is 5. The number of nitrogens with one attached hydrogen (secondary N) is 1. The first-order valence-electron chi connectivity index (χ1n) is 11.3. The molecular formula is C22H23F3N6O5. The molecule has 2 bridgehead atoms. The van der Waals surface area contributed by atoms with Crippen LogP contribution in [0.1, 0.15) is 23.2 Å². The van der Waals surface area contributed by atoms with Crippen LogP contribution in [0.15, 0.2) is 29.2 Å². The van der Waals surface area contributed by atoms with Gasteiger partial charge in [-0.15, -0.1) is 0 Å². The largest absolute Gasteiger partial charge is 0.453 e. The predicted octanol–water partition coefficient (Wildman–Crippen LogP) is 1.82. The molecular weight excluding hydrogens is 485 g/mol. The molecule has 1 N–H and O–H groups in total. The topological polar surface area (TPSA) is 119 Å². The highest BCUT2D eigenvalue weighted by atomic mass is 19.4. The Morgan fingerprint density at radius 3 is 2.72 bits per heavy atom. The summed E-state index contributed by atoms with van der Waals surface area (Å²) in [6, 6.07) is 2.02. The summed E-state index contributed by atoms with van der Waals surface area (Å²) in [6.45, 7) is 0.132. The number of alkyl halides is 3. The molecule has 3 atom stereocenters. The number of amides is 1. The van der Waals surface area contributed by atoms with Crippen molar-refractivity contribution in [2.45, 2.75) is 43.8 Å². The van der Waals surface area contributed by atoms with Crippen molar-refractivity contribution < 1.29 is 32.2 Å². The number of ether oxygens (including phenoxy) is 2. The maximum atomic E-state index is 14.0. The van der Waals surface area contributed by atoms with Gasteiger partial charge in [-0.05, 0) is 25.0 Å². The Labute approximate surface area is 202 Å². The fraction of sp³-hybridized carbons (Fsp3) is 0.500. The van der Waals surface area contributed by atoms with Crippen LogP contribution in [0.2, 0.25) is 0 Å². The third-order valence-corrected chi connectivity index (χ3v) is 6.62. The number of Topliss-reactive ketones (excluding diaryl/α,β-unsaturated/α-hetero) is 1. The van der Waals surface area contributed by atoms with Gasteiger partial charge in [-0.25, -0.2) is 9.78 Å². The number of carbonyl (C=O) groups excluding carboxylic acids is 2. The molecule has 2 aromatic rings. The Morgan fingerprint density at radius 1 is 1.31 bits per heavy atom. The molecule has 3 aliphatic rings. The SMILES string of the molecule is COC(=O)Nc1ccc(C(=O)CN2c3nc(N4CC5CC4CO5)cc(=O)n3CC[C@H]2C(F)(F)F)cn1. The first-order chi connectivity index (χ1) is 17.1. The van der Waals surface area contributed by atoms with E-state index in [1.165, 1.54) is 29.9 Å². The van der Waals surface area contributed by atoms with E-state index in [-0.39, 0.29) is 41.8 Å². The minimum atomic E-state index is -4.65. The van der Waals surface area contributed by atoms with Crippen molar-refractivity contribution in [2.24, 2.45) is 0 Å². The molecule has 3 aliphatic heterocycles. The number of pyridine rings is 1. The maximum Gasteiger partial charge on any atom is 0.412 e. The number of anilines is 3. The van der Waals surface area contributed by atoms with E-state index in [9.17, 15) is 27.6 Å². The van der Waals surface area contributed by atoms with E-state index in [1.807, 2.05) is 4.90 Å². The fourth-order valence-corrected chi connectivity index (χ4v) is 4.84. The summed E-state index contributed by atoms with van der Waals surface area (Å²) in [5.41, 5.74) is -0.437. The Hall–Kier alpha value is -3.68. The van der Waals surface area contributed by atoms with Gasteiger partial charge in [0.1, 0.15) is 17.7 Å². The summed E-state index contributed by atoms with van der Waals surface area (Å²) in [4.78, 5) is 48.3. The van der Waals surface area contributed by atoms with Gasteiger partial charge in [-0.1, -0.05) is 0 Å². The van der Waals surface area contributed by atoms with Gasteiger partial charge in [-0.3, -0.25) is 19.5 Å². The van der Waals surface area contributed by atoms with Crippen molar-refractivity contribution >= 4 is 29.5 Å². The van der Waals surface area contributed by atoms with Crippen LogP contribution in [-0.4, -0.2) is 77.6 Å². The number of carbonyl (C=O) groups is 2. The summed E-state index contributed by atoms with van der Waals surface area (Å²) in [5.74, 6) is -0.456. The van der Waals surface area contributed by atoms with Crippen LogP contribution >= 0.6 is 0 Å². The minimum Gasteiger partial charge on any atom is -0.453 e. The van der Waals surface area contributed by atoms with Gasteiger partial charge in [0.05, 0.1) is 32.4 Å². The van der Waals surface area contributed by atoms with Crippen LogP contribution in [-0.2, 0) is 16.0 Å². The van der Waals surface area contributed by atoms with E-state index in [4.69, 9.17) is 4.74 Å². The van der Waals surface area contributed by atoms with Crippen molar-refractivity contribution in [2.75, 3.05) is 41.9 Å². The molecule has 0 aromatic carbocycles. The molecule has 2 fully saturated rings. The van der Waals surface area contributed by atoms with Gasteiger partial charge in [0, 0.05) is 30.9 Å². The smallest absolute Gasteiger partial charge is 0.412 e. The highest BCUT2D eigenvalue weighted by Gasteiger charge is 2.48. The first-order valence-corrected chi connectivity index (χ1v) is 11.3. The highest BCUT2D eigenvalue weighted by Crippen LogP contribution is 2.36. The van der Waals surface area contributed by atoms with E-state index >= 15 is 0 Å². The van der Waals surface area contributed by atoms with E-state index in [0.717, 1.165) is 17.5 Å².